The summed E-state index contributed by atoms with van der Waals surface area (Å²) in [6, 6.07) is 3.35. The molecule has 20 heavy (non-hydrogen) atoms. The van der Waals surface area contributed by atoms with Crippen molar-refractivity contribution in [2.75, 3.05) is 24.6 Å². The van der Waals surface area contributed by atoms with Gasteiger partial charge in [0.05, 0.1) is 12.0 Å². The second-order valence-corrected chi connectivity index (χ2v) is 4.88. The van der Waals surface area contributed by atoms with Gasteiger partial charge in [0.2, 0.25) is 0 Å². The highest BCUT2D eigenvalue weighted by atomic mass is 32.1. The number of nitrogens with two attached hydrogens (primary N) is 1. The van der Waals surface area contributed by atoms with Gasteiger partial charge >= 0.3 is 0 Å². The van der Waals surface area contributed by atoms with Crippen molar-refractivity contribution in [3.63, 3.8) is 0 Å². The maximum absolute atomic E-state index is 14.2. The van der Waals surface area contributed by atoms with E-state index >= 15 is 0 Å². The van der Waals surface area contributed by atoms with Gasteiger partial charge in [-0.2, -0.15) is 0 Å². The summed E-state index contributed by atoms with van der Waals surface area (Å²) < 4.78 is 19.6. The molecular weight excluding hydrogens is 277 g/mol. The number of fused-ring (bicyclic) bond motifs is 1. The SMILES string of the molecule is CCN(CC)c1cc(F)c2c(c1)C(/N=C/N)=C(S)CO2. The Kier molecular flexibility index (Phi) is 4.54. The summed E-state index contributed by atoms with van der Waals surface area (Å²) in [4.78, 5) is 6.78. The van der Waals surface area contributed by atoms with Crippen LogP contribution >= 0.6 is 12.6 Å². The number of ether oxygens (including phenoxy) is 1. The maximum atomic E-state index is 14.2. The molecule has 0 saturated carbocycles. The molecule has 0 spiro atoms. The van der Waals surface area contributed by atoms with Gasteiger partial charge in [-0.1, -0.05) is 0 Å². The van der Waals surface area contributed by atoms with Crippen LogP contribution in [0.3, 0.4) is 0 Å². The van der Waals surface area contributed by atoms with Gasteiger partial charge in [0.25, 0.3) is 0 Å². The number of rotatable bonds is 4. The zero-order valence-corrected chi connectivity index (χ0v) is 12.5. The zero-order valence-electron chi connectivity index (χ0n) is 11.6. The molecule has 2 rings (SSSR count). The van der Waals surface area contributed by atoms with Gasteiger partial charge < -0.3 is 15.4 Å². The van der Waals surface area contributed by atoms with E-state index in [9.17, 15) is 4.39 Å². The van der Waals surface area contributed by atoms with Crippen LogP contribution in [0.5, 0.6) is 5.75 Å². The molecule has 0 saturated heterocycles. The fourth-order valence-electron chi connectivity index (χ4n) is 2.26. The van der Waals surface area contributed by atoms with E-state index in [-0.39, 0.29) is 12.4 Å². The van der Waals surface area contributed by atoms with E-state index < -0.39 is 5.82 Å². The van der Waals surface area contributed by atoms with Crippen LogP contribution in [0.2, 0.25) is 0 Å². The lowest BCUT2D eigenvalue weighted by molar-refractivity contribution is 0.333. The molecule has 1 aliphatic rings. The predicted octanol–water partition coefficient (Wildman–Crippen LogP) is 2.65. The normalized spacial score (nSPS) is 14.4. The number of hydrogen-bond donors (Lipinski definition) is 2. The average Bonchev–Trinajstić information content (AvgIpc) is 2.43. The topological polar surface area (TPSA) is 50.8 Å². The van der Waals surface area contributed by atoms with Crippen molar-refractivity contribution in [2.24, 2.45) is 10.7 Å². The van der Waals surface area contributed by atoms with Crippen LogP contribution in [0.4, 0.5) is 10.1 Å². The molecule has 0 aliphatic carbocycles. The zero-order chi connectivity index (χ0) is 14.7. The van der Waals surface area contributed by atoms with Crippen molar-refractivity contribution < 1.29 is 9.13 Å². The molecule has 1 aromatic carbocycles. The largest absolute Gasteiger partial charge is 0.485 e. The second kappa shape index (κ2) is 6.17. The monoisotopic (exact) mass is 295 g/mol. The van der Waals surface area contributed by atoms with Crippen LogP contribution in [0, 0.1) is 5.82 Å². The molecule has 0 amide bonds. The maximum Gasteiger partial charge on any atom is 0.167 e. The lowest BCUT2D eigenvalue weighted by atomic mass is 10.1. The van der Waals surface area contributed by atoms with E-state index in [1.54, 1.807) is 0 Å². The number of thiol groups is 1. The average molecular weight is 295 g/mol. The first-order valence-corrected chi connectivity index (χ1v) is 6.95. The van der Waals surface area contributed by atoms with Crippen molar-refractivity contribution in [1.29, 1.82) is 0 Å². The Morgan fingerprint density at radius 3 is 2.75 bits per heavy atom. The Labute approximate surface area is 123 Å². The minimum Gasteiger partial charge on any atom is -0.485 e. The molecule has 1 heterocycles. The Bertz CT molecular complexity index is 568. The Balaban J connectivity index is 2.59. The molecule has 1 aliphatic heterocycles. The summed E-state index contributed by atoms with van der Waals surface area (Å²) in [6.07, 6.45) is 1.18. The molecule has 0 radical (unpaired) electrons. The third-order valence-electron chi connectivity index (χ3n) is 3.24. The summed E-state index contributed by atoms with van der Waals surface area (Å²) in [5.41, 5.74) is 7.30. The summed E-state index contributed by atoms with van der Waals surface area (Å²) in [5, 5.41) is 0. The molecule has 6 heteroatoms. The van der Waals surface area contributed by atoms with Gasteiger partial charge in [-0.05, 0) is 19.9 Å². The first kappa shape index (κ1) is 14.7. The van der Waals surface area contributed by atoms with E-state index in [1.165, 1.54) is 12.4 Å². The number of aliphatic imine (C=N–C) groups is 1. The highest BCUT2D eigenvalue weighted by molar-refractivity contribution is 7.84. The van der Waals surface area contributed by atoms with Crippen LogP contribution in [0.15, 0.2) is 22.0 Å². The highest BCUT2D eigenvalue weighted by Gasteiger charge is 2.23. The van der Waals surface area contributed by atoms with Gasteiger partial charge in [-0.15, -0.1) is 12.6 Å². The highest BCUT2D eigenvalue weighted by Crippen LogP contribution is 2.39. The molecule has 108 valence electrons. The quantitative estimate of drug-likeness (QED) is 0.510. The summed E-state index contributed by atoms with van der Waals surface area (Å²) in [7, 11) is 0. The van der Waals surface area contributed by atoms with E-state index in [0.29, 0.717) is 16.2 Å². The third-order valence-corrected chi connectivity index (χ3v) is 3.58. The van der Waals surface area contributed by atoms with E-state index in [4.69, 9.17) is 10.5 Å². The Hall–Kier alpha value is -1.69. The van der Waals surface area contributed by atoms with E-state index in [2.05, 4.69) is 22.5 Å². The van der Waals surface area contributed by atoms with Crippen LogP contribution < -0.4 is 15.4 Å². The van der Waals surface area contributed by atoms with Gasteiger partial charge in [0, 0.05) is 35.3 Å². The first-order chi connectivity index (χ1) is 9.62. The smallest absolute Gasteiger partial charge is 0.167 e. The van der Waals surface area contributed by atoms with Gasteiger partial charge in [0.1, 0.15) is 6.61 Å². The van der Waals surface area contributed by atoms with Crippen LogP contribution in [-0.4, -0.2) is 26.0 Å². The molecule has 0 fully saturated rings. The molecular formula is C14H18FN3OS. The van der Waals surface area contributed by atoms with Crippen molar-refractivity contribution in [3.8, 4) is 5.75 Å². The number of halogens is 1. The summed E-state index contributed by atoms with van der Waals surface area (Å²) in [6.45, 7) is 5.84. The molecule has 0 unspecified atom stereocenters. The lowest BCUT2D eigenvalue weighted by Gasteiger charge is -2.25. The van der Waals surface area contributed by atoms with E-state index in [1.807, 2.05) is 19.9 Å². The van der Waals surface area contributed by atoms with Crippen molar-refractivity contribution >= 4 is 30.4 Å². The summed E-state index contributed by atoms with van der Waals surface area (Å²) >= 11 is 4.33. The fraction of sp³-hybridized carbons (Fsp3) is 0.357. The van der Waals surface area contributed by atoms with E-state index in [0.717, 1.165) is 18.8 Å². The molecule has 0 atom stereocenters. The molecule has 2 N–H and O–H groups in total. The third kappa shape index (κ3) is 2.60. The fourth-order valence-corrected chi connectivity index (χ4v) is 2.50. The molecule has 0 bridgehead atoms. The lowest BCUT2D eigenvalue weighted by Crippen LogP contribution is -2.22. The van der Waals surface area contributed by atoms with Crippen molar-refractivity contribution in [1.82, 2.24) is 0 Å². The van der Waals surface area contributed by atoms with Crippen LogP contribution in [-0.2, 0) is 0 Å². The number of benzene rings is 1. The van der Waals surface area contributed by atoms with Crippen molar-refractivity contribution in [3.05, 3.63) is 28.4 Å². The molecule has 0 aromatic heterocycles. The number of anilines is 1. The standard InChI is InChI=1S/C14H18FN3OS/c1-3-18(4-2)9-5-10-13(17-8-16)12(20)7-19-14(10)11(15)6-9/h5-6,8,20H,3-4,7H2,1-2H3,(H2,16,17). The van der Waals surface area contributed by atoms with Crippen LogP contribution in [0.25, 0.3) is 5.70 Å². The number of nitrogens with zero attached hydrogens (tertiary/aromatic N) is 2. The minimum absolute atomic E-state index is 0.199. The van der Waals surface area contributed by atoms with Gasteiger partial charge in [-0.3, -0.25) is 0 Å². The van der Waals surface area contributed by atoms with Gasteiger partial charge in [0.15, 0.2) is 11.6 Å². The van der Waals surface area contributed by atoms with Gasteiger partial charge in [-0.25, -0.2) is 9.38 Å². The predicted molar refractivity (Wildman–Crippen MR) is 84.0 cm³/mol. The van der Waals surface area contributed by atoms with Crippen molar-refractivity contribution in [2.45, 2.75) is 13.8 Å². The first-order valence-electron chi connectivity index (χ1n) is 6.50. The molecule has 1 aromatic rings. The minimum atomic E-state index is -0.394. The Morgan fingerprint density at radius 1 is 1.45 bits per heavy atom. The summed E-state index contributed by atoms with van der Waals surface area (Å²) in [5.74, 6) is -0.186. The Morgan fingerprint density at radius 2 is 2.15 bits per heavy atom. The molecule has 4 nitrogen and oxygen atoms in total. The van der Waals surface area contributed by atoms with Crippen LogP contribution in [0.1, 0.15) is 19.4 Å². The number of hydrogen-bond acceptors (Lipinski definition) is 4. The second-order valence-electron chi connectivity index (χ2n) is 4.34.